The molecule has 25 heavy (non-hydrogen) atoms. The smallest absolute Gasteiger partial charge is 0.457 e. The Bertz CT molecular complexity index is 688. The molecule has 3 fully saturated rings. The molecule has 0 amide bonds. The van der Waals surface area contributed by atoms with Crippen LogP contribution in [-0.2, 0) is 29.2 Å². The van der Waals surface area contributed by atoms with Crippen molar-refractivity contribution in [2.75, 3.05) is 0 Å². The monoisotopic (exact) mass is 420 g/mol. The zero-order valence-corrected chi connectivity index (χ0v) is 14.9. The molecule has 0 aromatic heterocycles. The summed E-state index contributed by atoms with van der Waals surface area (Å²) in [6, 6.07) is 0. The number of ether oxygens (including phenoxy) is 2. The predicted molar refractivity (Wildman–Crippen MR) is 82.4 cm³/mol. The van der Waals surface area contributed by atoms with E-state index < -0.39 is 50.2 Å². The summed E-state index contributed by atoms with van der Waals surface area (Å²) in [6.07, 6.45) is -0.817. The topological polar surface area (TPSA) is 127 Å². The number of hydrogen-bond donors (Lipinski definition) is 2. The molecule has 3 atom stereocenters. The van der Waals surface area contributed by atoms with Crippen LogP contribution in [-0.4, -0.2) is 62.2 Å². The number of carbonyl (C=O) groups excluding carboxylic acids is 2. The van der Waals surface area contributed by atoms with Gasteiger partial charge in [-0.2, -0.15) is 17.2 Å². The van der Waals surface area contributed by atoms with Gasteiger partial charge >= 0.3 is 27.3 Å². The SMILES string of the molecule is O=C1OC2SC3(CCC(OC(=O)C(F)(F)S(=O)(=O)O)CC3)SC2C1O. The average molecular weight is 420 g/mol. The van der Waals surface area contributed by atoms with Gasteiger partial charge in [0.2, 0.25) is 0 Å². The van der Waals surface area contributed by atoms with E-state index in [0.717, 1.165) is 0 Å². The zero-order valence-electron chi connectivity index (χ0n) is 12.5. The quantitative estimate of drug-likeness (QED) is 0.498. The summed E-state index contributed by atoms with van der Waals surface area (Å²) >= 11 is 2.77. The highest BCUT2D eigenvalue weighted by atomic mass is 32.2. The van der Waals surface area contributed by atoms with E-state index in [4.69, 9.17) is 9.29 Å². The van der Waals surface area contributed by atoms with Crippen molar-refractivity contribution in [1.82, 2.24) is 0 Å². The van der Waals surface area contributed by atoms with E-state index in [2.05, 4.69) is 4.74 Å². The first-order valence-electron chi connectivity index (χ1n) is 7.25. The molecule has 3 rings (SSSR count). The number of alkyl halides is 2. The van der Waals surface area contributed by atoms with Crippen molar-refractivity contribution in [3.05, 3.63) is 0 Å². The maximum Gasteiger partial charge on any atom is 0.465 e. The molecule has 3 unspecified atom stereocenters. The van der Waals surface area contributed by atoms with Crippen molar-refractivity contribution in [3.63, 3.8) is 0 Å². The Morgan fingerprint density at radius 2 is 1.92 bits per heavy atom. The number of hydrogen-bond acceptors (Lipinski definition) is 9. The molecule has 8 nitrogen and oxygen atoms in total. The zero-order chi connectivity index (χ0) is 18.6. The van der Waals surface area contributed by atoms with Crippen molar-refractivity contribution in [2.24, 2.45) is 0 Å². The predicted octanol–water partition coefficient (Wildman–Crippen LogP) is 0.741. The van der Waals surface area contributed by atoms with Gasteiger partial charge in [-0.15, -0.1) is 11.8 Å². The number of halogens is 2. The van der Waals surface area contributed by atoms with Gasteiger partial charge in [0, 0.05) is 0 Å². The van der Waals surface area contributed by atoms with Gasteiger partial charge in [0.1, 0.15) is 6.10 Å². The second kappa shape index (κ2) is 6.22. The van der Waals surface area contributed by atoms with Gasteiger partial charge in [-0.05, 0) is 25.7 Å². The van der Waals surface area contributed by atoms with E-state index in [1.54, 1.807) is 0 Å². The van der Waals surface area contributed by atoms with Crippen LogP contribution in [0.15, 0.2) is 0 Å². The molecule has 13 heteroatoms. The highest BCUT2D eigenvalue weighted by molar-refractivity contribution is 8.22. The van der Waals surface area contributed by atoms with Crippen LogP contribution in [0.1, 0.15) is 25.7 Å². The molecule has 3 aliphatic rings. The Hall–Kier alpha value is -0.630. The average Bonchev–Trinajstić information content (AvgIpc) is 2.97. The molecule has 0 radical (unpaired) electrons. The van der Waals surface area contributed by atoms with Crippen molar-refractivity contribution < 1.29 is 45.9 Å². The van der Waals surface area contributed by atoms with Gasteiger partial charge in [0.25, 0.3) is 0 Å². The number of aliphatic hydroxyl groups is 1. The molecule has 0 aromatic rings. The molecule has 2 N–H and O–H groups in total. The summed E-state index contributed by atoms with van der Waals surface area (Å²) in [4.78, 5) is 22.6. The van der Waals surface area contributed by atoms with Gasteiger partial charge < -0.3 is 14.6 Å². The van der Waals surface area contributed by atoms with Crippen LogP contribution in [0.2, 0.25) is 0 Å². The molecular formula is C12H14F2O8S3. The van der Waals surface area contributed by atoms with Gasteiger partial charge in [0.15, 0.2) is 11.5 Å². The van der Waals surface area contributed by atoms with Crippen LogP contribution in [0.3, 0.4) is 0 Å². The lowest BCUT2D eigenvalue weighted by Crippen LogP contribution is -2.42. The van der Waals surface area contributed by atoms with Crippen molar-refractivity contribution in [2.45, 2.75) is 57.9 Å². The summed E-state index contributed by atoms with van der Waals surface area (Å²) in [5.41, 5.74) is -0.476. The highest BCUT2D eigenvalue weighted by Crippen LogP contribution is 2.61. The summed E-state index contributed by atoms with van der Waals surface area (Å²) < 4.78 is 65.1. The van der Waals surface area contributed by atoms with Crippen LogP contribution in [0.4, 0.5) is 8.78 Å². The molecule has 1 aliphatic carbocycles. The number of carbonyl (C=O) groups is 2. The fourth-order valence-electron chi connectivity index (χ4n) is 2.94. The van der Waals surface area contributed by atoms with E-state index >= 15 is 0 Å². The molecule has 2 saturated heterocycles. The summed E-state index contributed by atoms with van der Waals surface area (Å²) in [5, 5.41) is 4.37. The lowest BCUT2D eigenvalue weighted by Gasteiger charge is -2.36. The Morgan fingerprint density at radius 3 is 2.44 bits per heavy atom. The second-order valence-corrected chi connectivity index (χ2v) is 10.7. The lowest BCUT2D eigenvalue weighted by molar-refractivity contribution is -0.168. The minimum absolute atomic E-state index is 0.205. The molecule has 0 aromatic carbocycles. The van der Waals surface area contributed by atoms with E-state index in [9.17, 15) is 31.9 Å². The Balaban J connectivity index is 1.57. The normalized spacial score (nSPS) is 38.5. The van der Waals surface area contributed by atoms with Gasteiger partial charge in [-0.1, -0.05) is 11.8 Å². The maximum atomic E-state index is 13.2. The minimum atomic E-state index is -5.89. The van der Waals surface area contributed by atoms with Gasteiger partial charge in [-0.3, -0.25) is 4.55 Å². The van der Waals surface area contributed by atoms with E-state index in [1.807, 2.05) is 0 Å². The second-order valence-electron chi connectivity index (χ2n) is 5.96. The van der Waals surface area contributed by atoms with Gasteiger partial charge in [-0.25, -0.2) is 9.59 Å². The lowest BCUT2D eigenvalue weighted by atomic mass is 9.96. The van der Waals surface area contributed by atoms with Crippen LogP contribution in [0, 0.1) is 0 Å². The third kappa shape index (κ3) is 3.36. The van der Waals surface area contributed by atoms with Crippen LogP contribution >= 0.6 is 23.5 Å². The highest BCUT2D eigenvalue weighted by Gasteiger charge is 2.59. The number of esters is 2. The molecule has 0 bridgehead atoms. The minimum Gasteiger partial charge on any atom is -0.457 e. The van der Waals surface area contributed by atoms with Crippen LogP contribution in [0.5, 0.6) is 0 Å². The fraction of sp³-hybridized carbons (Fsp3) is 0.833. The number of rotatable bonds is 3. The maximum absolute atomic E-state index is 13.2. The van der Waals surface area contributed by atoms with E-state index in [-0.39, 0.29) is 16.9 Å². The van der Waals surface area contributed by atoms with Crippen molar-refractivity contribution in [1.29, 1.82) is 0 Å². The molecule has 142 valence electrons. The molecular weight excluding hydrogens is 406 g/mol. The van der Waals surface area contributed by atoms with E-state index in [0.29, 0.717) is 12.8 Å². The first-order valence-corrected chi connectivity index (χ1v) is 10.5. The number of fused-ring (bicyclic) bond motifs is 1. The Labute approximate surface area is 149 Å². The summed E-state index contributed by atoms with van der Waals surface area (Å²) in [7, 11) is -5.89. The third-order valence-electron chi connectivity index (χ3n) is 4.26. The Kier molecular flexibility index (Phi) is 4.76. The van der Waals surface area contributed by atoms with Crippen molar-refractivity contribution >= 4 is 45.6 Å². The molecule has 2 heterocycles. The van der Waals surface area contributed by atoms with Crippen molar-refractivity contribution in [3.8, 4) is 0 Å². The molecule has 1 spiro atoms. The number of thioether (sulfide) groups is 2. The first-order chi connectivity index (χ1) is 11.5. The standard InChI is InChI=1S/C12H14F2O8S3/c13-12(14,25(18,19)20)10(17)21-5-1-3-11(4-2-5)23-7-6(15)8(16)22-9(7)24-11/h5-7,9,15H,1-4H2,(H,18,19,20). The van der Waals surface area contributed by atoms with Crippen LogP contribution < -0.4 is 0 Å². The van der Waals surface area contributed by atoms with Gasteiger partial charge in [0.05, 0.1) is 9.33 Å². The number of aliphatic hydroxyl groups excluding tert-OH is 1. The first kappa shape index (κ1) is 19.1. The fourth-order valence-corrected chi connectivity index (χ4v) is 7.07. The molecule has 2 aliphatic heterocycles. The summed E-state index contributed by atoms with van der Waals surface area (Å²) in [6.45, 7) is 0. The van der Waals surface area contributed by atoms with E-state index in [1.165, 1.54) is 23.5 Å². The Morgan fingerprint density at radius 1 is 1.32 bits per heavy atom. The van der Waals surface area contributed by atoms with Crippen LogP contribution in [0.25, 0.3) is 0 Å². The summed E-state index contributed by atoms with van der Waals surface area (Å²) in [5.74, 6) is -2.97. The third-order valence-corrected chi connectivity index (χ3v) is 8.90. The largest absolute Gasteiger partial charge is 0.465 e. The molecule has 1 saturated carbocycles.